The fourth-order valence-electron chi connectivity index (χ4n) is 3.16. The Bertz CT molecular complexity index is 986. The molecule has 7 heteroatoms. The minimum atomic E-state index is -0.625. The molecule has 0 fully saturated rings. The van der Waals surface area contributed by atoms with Crippen LogP contribution in [-0.4, -0.2) is 28.8 Å². The lowest BCUT2D eigenvalue weighted by molar-refractivity contribution is -0.114. The van der Waals surface area contributed by atoms with E-state index in [1.54, 1.807) is 38.1 Å². The summed E-state index contributed by atoms with van der Waals surface area (Å²) >= 11 is 0. The van der Waals surface area contributed by atoms with Crippen LogP contribution in [0.5, 0.6) is 5.88 Å². The molecule has 0 aliphatic carbocycles. The number of fused-ring (bicyclic) bond motifs is 1. The molecule has 0 radical (unpaired) electrons. The highest BCUT2D eigenvalue weighted by molar-refractivity contribution is 5.97. The molecule has 1 aromatic heterocycles. The van der Waals surface area contributed by atoms with Crippen LogP contribution in [0.3, 0.4) is 0 Å². The van der Waals surface area contributed by atoms with Crippen LogP contribution in [0, 0.1) is 6.92 Å². The second kappa shape index (κ2) is 6.59. The monoisotopic (exact) mass is 354 g/mol. The van der Waals surface area contributed by atoms with Crippen LogP contribution < -0.4 is 10.3 Å². The Morgan fingerprint density at radius 3 is 2.42 bits per heavy atom. The molecule has 1 atom stereocenters. The van der Waals surface area contributed by atoms with Gasteiger partial charge in [0.15, 0.2) is 5.78 Å². The van der Waals surface area contributed by atoms with Crippen molar-refractivity contribution in [3.63, 3.8) is 0 Å². The van der Waals surface area contributed by atoms with Gasteiger partial charge in [0.1, 0.15) is 11.6 Å². The van der Waals surface area contributed by atoms with E-state index < -0.39 is 11.9 Å². The van der Waals surface area contributed by atoms with Crippen LogP contribution in [-0.2, 0) is 9.53 Å². The number of aromatic nitrogens is 2. The summed E-state index contributed by atoms with van der Waals surface area (Å²) in [7, 11) is 1.30. The predicted molar refractivity (Wildman–Crippen MR) is 93.2 cm³/mol. The van der Waals surface area contributed by atoms with E-state index in [2.05, 4.69) is 9.97 Å². The number of carbonyl (C=O) groups is 2. The van der Waals surface area contributed by atoms with Gasteiger partial charge in [-0.05, 0) is 38.5 Å². The average Bonchev–Trinajstić information content (AvgIpc) is 2.59. The number of ketones is 1. The van der Waals surface area contributed by atoms with Gasteiger partial charge in [-0.2, -0.15) is 4.98 Å². The van der Waals surface area contributed by atoms with Crippen LogP contribution in [0.15, 0.2) is 40.4 Å². The minimum Gasteiger partial charge on any atom is -0.465 e. The SMILES string of the molecule is COC(=O)c1ccc(C2C(C(C)=O)=C(C)Oc3nc(C)[nH]c(=O)c32)cc1. The Morgan fingerprint density at radius 2 is 1.85 bits per heavy atom. The van der Waals surface area contributed by atoms with Gasteiger partial charge in [-0.15, -0.1) is 0 Å². The number of carbonyl (C=O) groups excluding carboxylic acids is 2. The van der Waals surface area contributed by atoms with Gasteiger partial charge in [0.05, 0.1) is 24.2 Å². The van der Waals surface area contributed by atoms with Gasteiger partial charge in [0.25, 0.3) is 5.56 Å². The molecule has 0 spiro atoms. The van der Waals surface area contributed by atoms with Crippen LogP contribution in [0.25, 0.3) is 0 Å². The zero-order chi connectivity index (χ0) is 19.0. The molecule has 2 heterocycles. The highest BCUT2D eigenvalue weighted by Crippen LogP contribution is 2.40. The van der Waals surface area contributed by atoms with E-state index >= 15 is 0 Å². The molecule has 1 N–H and O–H groups in total. The normalized spacial score (nSPS) is 15.9. The third-order valence-corrected chi connectivity index (χ3v) is 4.29. The Labute approximate surface area is 149 Å². The summed E-state index contributed by atoms with van der Waals surface area (Å²) in [4.78, 5) is 43.4. The Balaban J connectivity index is 2.21. The molecule has 3 rings (SSSR count). The smallest absolute Gasteiger partial charge is 0.337 e. The first-order valence-electron chi connectivity index (χ1n) is 8.02. The number of aryl methyl sites for hydroxylation is 1. The molecule has 134 valence electrons. The quantitative estimate of drug-likeness (QED) is 0.849. The molecular weight excluding hydrogens is 336 g/mol. The zero-order valence-electron chi connectivity index (χ0n) is 14.9. The molecule has 2 aromatic rings. The largest absolute Gasteiger partial charge is 0.465 e. The summed E-state index contributed by atoms with van der Waals surface area (Å²) in [6, 6.07) is 6.58. The van der Waals surface area contributed by atoms with Crippen LogP contribution in [0.1, 0.15) is 47.1 Å². The molecular formula is C19H18N2O5. The highest BCUT2D eigenvalue weighted by atomic mass is 16.5. The fraction of sp³-hybridized carbons (Fsp3) is 0.263. The molecule has 0 amide bonds. The first-order chi connectivity index (χ1) is 12.3. The number of hydrogen-bond acceptors (Lipinski definition) is 6. The second-order valence-corrected chi connectivity index (χ2v) is 6.04. The Hall–Kier alpha value is -3.22. The molecule has 7 nitrogen and oxygen atoms in total. The van der Waals surface area contributed by atoms with Crippen molar-refractivity contribution in [2.75, 3.05) is 7.11 Å². The van der Waals surface area contributed by atoms with Gasteiger partial charge >= 0.3 is 5.97 Å². The highest BCUT2D eigenvalue weighted by Gasteiger charge is 2.35. The lowest BCUT2D eigenvalue weighted by atomic mass is 9.82. The topological polar surface area (TPSA) is 98.3 Å². The van der Waals surface area contributed by atoms with Crippen molar-refractivity contribution < 1.29 is 19.1 Å². The van der Waals surface area contributed by atoms with Crippen molar-refractivity contribution in [1.29, 1.82) is 0 Å². The van der Waals surface area contributed by atoms with Crippen molar-refractivity contribution >= 4 is 11.8 Å². The van der Waals surface area contributed by atoms with E-state index in [0.29, 0.717) is 28.3 Å². The lowest BCUT2D eigenvalue weighted by Crippen LogP contribution is -2.28. The lowest BCUT2D eigenvalue weighted by Gasteiger charge is -2.27. The molecule has 0 bridgehead atoms. The van der Waals surface area contributed by atoms with E-state index in [1.807, 2.05) is 0 Å². The molecule has 1 aromatic carbocycles. The van der Waals surface area contributed by atoms with Gasteiger partial charge in [-0.25, -0.2) is 4.79 Å². The van der Waals surface area contributed by atoms with Gasteiger partial charge in [0, 0.05) is 5.57 Å². The first-order valence-corrected chi connectivity index (χ1v) is 8.02. The third-order valence-electron chi connectivity index (χ3n) is 4.29. The van der Waals surface area contributed by atoms with Crippen molar-refractivity contribution in [1.82, 2.24) is 9.97 Å². The number of rotatable bonds is 3. The average molecular weight is 354 g/mol. The van der Waals surface area contributed by atoms with Crippen molar-refractivity contribution in [3.8, 4) is 5.88 Å². The summed E-state index contributed by atoms with van der Waals surface area (Å²) in [5.41, 5.74) is 1.37. The van der Waals surface area contributed by atoms with Gasteiger partial charge in [0.2, 0.25) is 5.88 Å². The number of methoxy groups -OCH3 is 1. The number of nitrogens with one attached hydrogen (secondary N) is 1. The zero-order valence-corrected chi connectivity index (χ0v) is 14.9. The standard InChI is InChI=1S/C19H18N2O5/c1-9(22)14-10(2)26-18-16(17(23)20-11(3)21-18)15(14)12-5-7-13(8-6-12)19(24)25-4/h5-8,15H,1-4H3,(H,20,21,23). The molecule has 1 aliphatic rings. The van der Waals surface area contributed by atoms with Gasteiger partial charge in [-0.3, -0.25) is 9.59 Å². The number of ether oxygens (including phenoxy) is 2. The summed E-state index contributed by atoms with van der Waals surface area (Å²) in [5, 5.41) is 0. The molecule has 26 heavy (non-hydrogen) atoms. The number of benzene rings is 1. The molecule has 0 saturated heterocycles. The summed E-state index contributed by atoms with van der Waals surface area (Å²) < 4.78 is 10.4. The Kier molecular flexibility index (Phi) is 4.46. The van der Waals surface area contributed by atoms with E-state index in [0.717, 1.165) is 0 Å². The number of esters is 1. The number of nitrogens with zero attached hydrogens (tertiary/aromatic N) is 1. The number of allylic oxidation sites excluding steroid dienone is 2. The molecule has 1 aliphatic heterocycles. The van der Waals surface area contributed by atoms with Crippen LogP contribution >= 0.6 is 0 Å². The van der Waals surface area contributed by atoms with Gasteiger partial charge < -0.3 is 14.5 Å². The minimum absolute atomic E-state index is 0.191. The van der Waals surface area contributed by atoms with E-state index in [-0.39, 0.29) is 22.8 Å². The summed E-state index contributed by atoms with van der Waals surface area (Å²) in [6.07, 6.45) is 0. The van der Waals surface area contributed by atoms with Gasteiger partial charge in [-0.1, -0.05) is 12.1 Å². The van der Waals surface area contributed by atoms with Crippen molar-refractivity contribution in [3.05, 3.63) is 68.5 Å². The van der Waals surface area contributed by atoms with Crippen LogP contribution in [0.4, 0.5) is 0 Å². The second-order valence-electron chi connectivity index (χ2n) is 6.04. The Morgan fingerprint density at radius 1 is 1.19 bits per heavy atom. The van der Waals surface area contributed by atoms with Crippen molar-refractivity contribution in [2.24, 2.45) is 0 Å². The summed E-state index contributed by atoms with van der Waals surface area (Å²) in [6.45, 7) is 4.76. The summed E-state index contributed by atoms with van der Waals surface area (Å²) in [5.74, 6) is -0.263. The van der Waals surface area contributed by atoms with E-state index in [1.165, 1.54) is 14.0 Å². The molecule has 1 unspecified atom stereocenters. The van der Waals surface area contributed by atoms with E-state index in [9.17, 15) is 14.4 Å². The number of Topliss-reactive ketones (excluding diaryl/α,β-unsaturated/α-hetero) is 1. The fourth-order valence-corrected chi connectivity index (χ4v) is 3.16. The molecule has 0 saturated carbocycles. The number of hydrogen-bond donors (Lipinski definition) is 1. The third kappa shape index (κ3) is 2.92. The van der Waals surface area contributed by atoms with Crippen molar-refractivity contribution in [2.45, 2.75) is 26.7 Å². The predicted octanol–water partition coefficient (Wildman–Crippen LogP) is 2.25. The maximum atomic E-state index is 12.6. The van der Waals surface area contributed by atoms with Crippen LogP contribution in [0.2, 0.25) is 0 Å². The maximum absolute atomic E-state index is 12.6. The first kappa shape index (κ1) is 17.6. The van der Waals surface area contributed by atoms with E-state index in [4.69, 9.17) is 9.47 Å². The maximum Gasteiger partial charge on any atom is 0.337 e. The number of H-pyrrole nitrogens is 1. The number of aromatic amines is 1.